The molecule has 0 aromatic heterocycles. The van der Waals surface area contributed by atoms with Crippen LogP contribution in [0.3, 0.4) is 0 Å². The van der Waals surface area contributed by atoms with Crippen LogP contribution in [0.1, 0.15) is 56.2 Å². The van der Waals surface area contributed by atoms with Crippen LogP contribution in [0.25, 0.3) is 0 Å². The van der Waals surface area contributed by atoms with Gasteiger partial charge in [-0.2, -0.15) is 0 Å². The molecule has 30 heavy (non-hydrogen) atoms. The Labute approximate surface area is 189 Å². The summed E-state index contributed by atoms with van der Waals surface area (Å²) < 4.78 is 13.0. The summed E-state index contributed by atoms with van der Waals surface area (Å²) in [5.41, 5.74) is 0.787. The Kier molecular flexibility index (Phi) is 8.05. The second-order valence-corrected chi connectivity index (χ2v) is 13.9. The SMILES string of the molecule is CC(C)c1ccccc1OP(=S)(Oc1ccccc1C(C)C)SCc1ccccc1. The van der Waals surface area contributed by atoms with Crippen molar-refractivity contribution in [2.24, 2.45) is 0 Å². The zero-order chi connectivity index (χ0) is 21.6. The Morgan fingerprint density at radius 3 is 1.60 bits per heavy atom. The first-order valence-electron chi connectivity index (χ1n) is 10.2. The average Bonchev–Trinajstić information content (AvgIpc) is 2.73. The topological polar surface area (TPSA) is 18.5 Å². The van der Waals surface area contributed by atoms with E-state index in [1.807, 2.05) is 54.6 Å². The first-order chi connectivity index (χ1) is 14.4. The van der Waals surface area contributed by atoms with E-state index >= 15 is 0 Å². The molecule has 0 aliphatic heterocycles. The molecule has 0 spiro atoms. The van der Waals surface area contributed by atoms with Crippen LogP contribution < -0.4 is 9.05 Å². The number of hydrogen-bond donors (Lipinski definition) is 0. The second-order valence-electron chi connectivity index (χ2n) is 7.77. The van der Waals surface area contributed by atoms with Crippen LogP contribution in [-0.4, -0.2) is 0 Å². The highest BCUT2D eigenvalue weighted by Crippen LogP contribution is 2.62. The van der Waals surface area contributed by atoms with E-state index in [9.17, 15) is 0 Å². The van der Waals surface area contributed by atoms with Crippen LogP contribution in [0.4, 0.5) is 0 Å². The molecule has 158 valence electrons. The maximum Gasteiger partial charge on any atom is 0.348 e. The fraction of sp³-hybridized carbons (Fsp3) is 0.280. The maximum absolute atomic E-state index is 6.52. The molecule has 0 bridgehead atoms. The van der Waals surface area contributed by atoms with Crippen molar-refractivity contribution in [3.63, 3.8) is 0 Å². The Morgan fingerprint density at radius 1 is 0.700 bits per heavy atom. The van der Waals surface area contributed by atoms with Crippen LogP contribution >= 0.6 is 17.1 Å². The van der Waals surface area contributed by atoms with Crippen molar-refractivity contribution in [3.05, 3.63) is 95.6 Å². The highest BCUT2D eigenvalue weighted by atomic mass is 32.9. The summed E-state index contributed by atoms with van der Waals surface area (Å²) in [7, 11) is 0. The first kappa shape index (κ1) is 22.9. The van der Waals surface area contributed by atoms with E-state index in [4.69, 9.17) is 20.9 Å². The number of benzene rings is 3. The van der Waals surface area contributed by atoms with Crippen molar-refractivity contribution in [3.8, 4) is 11.5 Å². The lowest BCUT2D eigenvalue weighted by molar-refractivity contribution is 0.495. The quantitative estimate of drug-likeness (QED) is 0.300. The van der Waals surface area contributed by atoms with Crippen molar-refractivity contribution >= 4 is 28.9 Å². The van der Waals surface area contributed by atoms with Gasteiger partial charge < -0.3 is 9.05 Å². The standard InChI is InChI=1S/C25H29O2PS2/c1-19(2)22-14-8-10-16-24(22)26-28(29,30-18-21-12-6-5-7-13-21)27-25-17-11-9-15-23(25)20(3)4/h5-17,19-20H,18H2,1-4H3. The van der Waals surface area contributed by atoms with Crippen molar-refractivity contribution < 1.29 is 9.05 Å². The van der Waals surface area contributed by atoms with Crippen LogP contribution in [0, 0.1) is 0 Å². The Morgan fingerprint density at radius 2 is 1.13 bits per heavy atom. The van der Waals surface area contributed by atoms with E-state index in [1.54, 1.807) is 11.4 Å². The fourth-order valence-corrected chi connectivity index (χ4v) is 7.25. The summed E-state index contributed by atoms with van der Waals surface area (Å²) in [6.07, 6.45) is 0. The van der Waals surface area contributed by atoms with Gasteiger partial charge in [-0.05, 0) is 63.8 Å². The zero-order valence-electron chi connectivity index (χ0n) is 17.9. The van der Waals surface area contributed by atoms with E-state index in [2.05, 4.69) is 52.0 Å². The first-order valence-corrected chi connectivity index (χ1v) is 14.5. The lowest BCUT2D eigenvalue weighted by atomic mass is 10.0. The highest BCUT2D eigenvalue weighted by Gasteiger charge is 2.27. The molecule has 0 aliphatic rings. The lowest BCUT2D eigenvalue weighted by Crippen LogP contribution is -2.03. The van der Waals surface area contributed by atoms with Gasteiger partial charge in [0.2, 0.25) is 0 Å². The van der Waals surface area contributed by atoms with Gasteiger partial charge >= 0.3 is 5.69 Å². The van der Waals surface area contributed by atoms with E-state index in [1.165, 1.54) is 5.56 Å². The molecule has 5 heteroatoms. The molecule has 2 nitrogen and oxygen atoms in total. The van der Waals surface area contributed by atoms with Gasteiger partial charge in [0.15, 0.2) is 0 Å². The summed E-state index contributed by atoms with van der Waals surface area (Å²) in [6.45, 7) is 8.66. The normalized spacial score (nSPS) is 11.7. The van der Waals surface area contributed by atoms with Gasteiger partial charge in [0.1, 0.15) is 11.5 Å². The minimum Gasteiger partial charge on any atom is -0.428 e. The Balaban J connectivity index is 1.93. The molecule has 0 N–H and O–H groups in total. The van der Waals surface area contributed by atoms with Crippen LogP contribution in [0.15, 0.2) is 78.9 Å². The third-order valence-electron chi connectivity index (χ3n) is 4.73. The van der Waals surface area contributed by atoms with E-state index in [-0.39, 0.29) is 0 Å². The van der Waals surface area contributed by atoms with E-state index in [0.717, 1.165) is 28.4 Å². The third kappa shape index (κ3) is 6.14. The van der Waals surface area contributed by atoms with Crippen LogP contribution in [0.5, 0.6) is 11.5 Å². The predicted molar refractivity (Wildman–Crippen MR) is 134 cm³/mol. The van der Waals surface area contributed by atoms with Crippen LogP contribution in [-0.2, 0) is 17.6 Å². The van der Waals surface area contributed by atoms with Gasteiger partial charge in [-0.25, -0.2) is 0 Å². The molecule has 0 saturated heterocycles. The molecule has 0 fully saturated rings. The summed E-state index contributed by atoms with van der Waals surface area (Å²) in [5.74, 6) is 3.06. The number of rotatable bonds is 9. The molecule has 0 atom stereocenters. The monoisotopic (exact) mass is 456 g/mol. The molecule has 3 rings (SSSR count). The van der Waals surface area contributed by atoms with Gasteiger partial charge in [-0.3, -0.25) is 0 Å². The number of hydrogen-bond acceptors (Lipinski definition) is 4. The van der Waals surface area contributed by atoms with Gasteiger partial charge in [-0.1, -0.05) is 94.4 Å². The molecule has 0 saturated carbocycles. The Hall–Kier alpha value is -1.74. The van der Waals surface area contributed by atoms with Gasteiger partial charge in [-0.15, -0.1) is 0 Å². The third-order valence-corrected chi connectivity index (χ3v) is 9.53. The van der Waals surface area contributed by atoms with Gasteiger partial charge in [0.25, 0.3) is 0 Å². The minimum atomic E-state index is -2.71. The molecule has 0 amide bonds. The molecule has 3 aromatic rings. The highest BCUT2D eigenvalue weighted by molar-refractivity contribution is 8.67. The maximum atomic E-state index is 6.52. The molecule has 3 aromatic carbocycles. The molecule has 0 unspecified atom stereocenters. The van der Waals surface area contributed by atoms with Crippen molar-refractivity contribution in [2.75, 3.05) is 0 Å². The van der Waals surface area contributed by atoms with Crippen molar-refractivity contribution in [2.45, 2.75) is 45.3 Å². The summed E-state index contributed by atoms with van der Waals surface area (Å²) >= 11 is 7.68. The summed E-state index contributed by atoms with van der Waals surface area (Å²) in [6, 6.07) is 26.6. The average molecular weight is 457 g/mol. The molecule has 0 radical (unpaired) electrons. The second kappa shape index (κ2) is 10.5. The van der Waals surface area contributed by atoms with Crippen molar-refractivity contribution in [1.29, 1.82) is 0 Å². The molecule has 0 aliphatic carbocycles. The van der Waals surface area contributed by atoms with E-state index in [0.29, 0.717) is 11.8 Å². The smallest absolute Gasteiger partial charge is 0.348 e. The van der Waals surface area contributed by atoms with Crippen molar-refractivity contribution in [1.82, 2.24) is 0 Å². The summed E-state index contributed by atoms with van der Waals surface area (Å²) in [4.78, 5) is 0. The lowest BCUT2D eigenvalue weighted by Gasteiger charge is -2.26. The molecule has 0 heterocycles. The zero-order valence-corrected chi connectivity index (χ0v) is 20.5. The fourth-order valence-electron chi connectivity index (χ4n) is 3.12. The predicted octanol–water partition coefficient (Wildman–Crippen LogP) is 8.55. The largest absolute Gasteiger partial charge is 0.428 e. The van der Waals surface area contributed by atoms with Gasteiger partial charge in [0, 0.05) is 5.75 Å². The van der Waals surface area contributed by atoms with Crippen LogP contribution in [0.2, 0.25) is 0 Å². The number of para-hydroxylation sites is 2. The molecular weight excluding hydrogens is 427 g/mol. The van der Waals surface area contributed by atoms with E-state index < -0.39 is 5.69 Å². The minimum absolute atomic E-state index is 0.340. The van der Waals surface area contributed by atoms with Gasteiger partial charge in [0.05, 0.1) is 0 Å². The Bertz CT molecular complexity index is 945. The molecular formula is C25H29O2PS2. The summed E-state index contributed by atoms with van der Waals surface area (Å²) in [5, 5.41) is 0.